The fourth-order valence-corrected chi connectivity index (χ4v) is 3.72. The molecule has 1 heterocycles. The van der Waals surface area contributed by atoms with Gasteiger partial charge >= 0.3 is 0 Å². The minimum atomic E-state index is -0.412. The van der Waals surface area contributed by atoms with Gasteiger partial charge in [0.2, 0.25) is 5.91 Å². The summed E-state index contributed by atoms with van der Waals surface area (Å²) in [6.45, 7) is 2.95. The average Bonchev–Trinajstić information content (AvgIpc) is 2.90. The van der Waals surface area contributed by atoms with Crippen LogP contribution < -0.4 is 11.1 Å². The number of hydrogen-bond donors (Lipinski definition) is 2. The van der Waals surface area contributed by atoms with E-state index in [1.807, 2.05) is 30.0 Å². The van der Waals surface area contributed by atoms with Gasteiger partial charge in [-0.25, -0.2) is 0 Å². The third-order valence-corrected chi connectivity index (χ3v) is 5.40. The van der Waals surface area contributed by atoms with Crippen LogP contribution in [0.25, 0.3) is 0 Å². The molecule has 1 aliphatic rings. The number of amides is 1. The van der Waals surface area contributed by atoms with Gasteiger partial charge < -0.3 is 11.1 Å². The SMILES string of the molecule is CC1(CNC(=O)[C@@H](N)CCc2ccccc2)CCCS1. The van der Waals surface area contributed by atoms with E-state index in [2.05, 4.69) is 24.4 Å². The average molecular weight is 292 g/mol. The van der Waals surface area contributed by atoms with Gasteiger partial charge in [-0.1, -0.05) is 30.3 Å². The van der Waals surface area contributed by atoms with Gasteiger partial charge in [-0.05, 0) is 43.9 Å². The van der Waals surface area contributed by atoms with E-state index in [0.29, 0.717) is 6.42 Å². The molecule has 2 atom stereocenters. The minimum Gasteiger partial charge on any atom is -0.353 e. The Morgan fingerprint density at radius 2 is 2.20 bits per heavy atom. The topological polar surface area (TPSA) is 55.1 Å². The molecular weight excluding hydrogens is 268 g/mol. The highest BCUT2D eigenvalue weighted by molar-refractivity contribution is 8.00. The van der Waals surface area contributed by atoms with E-state index in [4.69, 9.17) is 5.73 Å². The Bertz CT molecular complexity index is 429. The van der Waals surface area contributed by atoms with Crippen LogP contribution in [0.3, 0.4) is 0 Å². The zero-order chi connectivity index (χ0) is 14.4. The Hall–Kier alpha value is -1.00. The highest BCUT2D eigenvalue weighted by atomic mass is 32.2. The van der Waals surface area contributed by atoms with Gasteiger partial charge in [0.1, 0.15) is 0 Å². The summed E-state index contributed by atoms with van der Waals surface area (Å²) in [6, 6.07) is 9.75. The molecule has 0 radical (unpaired) electrons. The largest absolute Gasteiger partial charge is 0.353 e. The number of benzene rings is 1. The van der Waals surface area contributed by atoms with Crippen molar-refractivity contribution in [3.05, 3.63) is 35.9 Å². The molecule has 1 aromatic carbocycles. The summed E-state index contributed by atoms with van der Waals surface area (Å²) in [5, 5.41) is 3.02. The molecule has 4 heteroatoms. The molecule has 0 spiro atoms. The van der Waals surface area contributed by atoms with Crippen molar-refractivity contribution < 1.29 is 4.79 Å². The van der Waals surface area contributed by atoms with Gasteiger partial charge in [-0.3, -0.25) is 4.79 Å². The number of thioether (sulfide) groups is 1. The molecule has 0 aromatic heterocycles. The number of hydrogen-bond acceptors (Lipinski definition) is 3. The molecule has 1 aromatic rings. The van der Waals surface area contributed by atoms with E-state index < -0.39 is 6.04 Å². The second-order valence-corrected chi connectivity index (χ2v) is 7.43. The van der Waals surface area contributed by atoms with Gasteiger partial charge in [0, 0.05) is 11.3 Å². The molecule has 1 unspecified atom stereocenters. The molecule has 3 N–H and O–H groups in total. The Labute approximate surface area is 125 Å². The molecule has 3 nitrogen and oxygen atoms in total. The lowest BCUT2D eigenvalue weighted by atomic mass is 10.0. The van der Waals surface area contributed by atoms with Crippen LogP contribution in [0.4, 0.5) is 0 Å². The highest BCUT2D eigenvalue weighted by Crippen LogP contribution is 2.36. The fourth-order valence-electron chi connectivity index (χ4n) is 2.48. The first-order valence-electron chi connectivity index (χ1n) is 7.30. The van der Waals surface area contributed by atoms with Crippen molar-refractivity contribution in [1.82, 2.24) is 5.32 Å². The van der Waals surface area contributed by atoms with Crippen molar-refractivity contribution in [3.8, 4) is 0 Å². The summed E-state index contributed by atoms with van der Waals surface area (Å²) in [7, 11) is 0. The van der Waals surface area contributed by atoms with Crippen LogP contribution in [0, 0.1) is 0 Å². The molecule has 0 bridgehead atoms. The van der Waals surface area contributed by atoms with Crippen molar-refractivity contribution in [2.45, 2.75) is 43.4 Å². The first-order chi connectivity index (χ1) is 9.59. The van der Waals surface area contributed by atoms with Crippen LogP contribution in [0.15, 0.2) is 30.3 Å². The predicted octanol–water partition coefficient (Wildman–Crippen LogP) is 2.35. The zero-order valence-electron chi connectivity index (χ0n) is 12.1. The van der Waals surface area contributed by atoms with Crippen LogP contribution in [-0.4, -0.2) is 29.0 Å². The van der Waals surface area contributed by atoms with E-state index in [9.17, 15) is 4.79 Å². The summed E-state index contributed by atoms with van der Waals surface area (Å²) >= 11 is 1.95. The molecule has 2 rings (SSSR count). The minimum absolute atomic E-state index is 0.0188. The van der Waals surface area contributed by atoms with E-state index in [-0.39, 0.29) is 10.7 Å². The summed E-state index contributed by atoms with van der Waals surface area (Å²) < 4.78 is 0.203. The Balaban J connectivity index is 1.72. The number of aryl methyl sites for hydroxylation is 1. The lowest BCUT2D eigenvalue weighted by molar-refractivity contribution is -0.122. The molecule has 1 fully saturated rings. The number of nitrogens with one attached hydrogen (secondary N) is 1. The van der Waals surface area contributed by atoms with E-state index in [1.165, 1.54) is 24.2 Å². The van der Waals surface area contributed by atoms with Crippen LogP contribution in [-0.2, 0) is 11.2 Å². The van der Waals surface area contributed by atoms with Crippen LogP contribution in [0.1, 0.15) is 31.7 Å². The Morgan fingerprint density at radius 1 is 1.45 bits per heavy atom. The molecule has 0 saturated carbocycles. The molecule has 1 saturated heterocycles. The molecule has 110 valence electrons. The number of rotatable bonds is 6. The lowest BCUT2D eigenvalue weighted by Crippen LogP contribution is -2.45. The lowest BCUT2D eigenvalue weighted by Gasteiger charge is -2.24. The first-order valence-corrected chi connectivity index (χ1v) is 8.29. The monoisotopic (exact) mass is 292 g/mol. The second kappa shape index (κ2) is 7.14. The van der Waals surface area contributed by atoms with Crippen LogP contribution in [0.2, 0.25) is 0 Å². The van der Waals surface area contributed by atoms with E-state index in [1.54, 1.807) is 0 Å². The summed E-state index contributed by atoms with van der Waals surface area (Å²) in [4.78, 5) is 12.0. The van der Waals surface area contributed by atoms with Gasteiger partial charge in [0.25, 0.3) is 0 Å². The number of carbonyl (C=O) groups is 1. The number of carbonyl (C=O) groups excluding carboxylic acids is 1. The fraction of sp³-hybridized carbons (Fsp3) is 0.562. The maximum Gasteiger partial charge on any atom is 0.236 e. The highest BCUT2D eigenvalue weighted by Gasteiger charge is 2.30. The van der Waals surface area contributed by atoms with Crippen LogP contribution in [0.5, 0.6) is 0 Å². The van der Waals surface area contributed by atoms with Crippen molar-refractivity contribution in [2.75, 3.05) is 12.3 Å². The second-order valence-electron chi connectivity index (χ2n) is 5.75. The maximum absolute atomic E-state index is 12.0. The summed E-state index contributed by atoms with van der Waals surface area (Å²) in [5.74, 6) is 1.18. The van der Waals surface area contributed by atoms with Crippen molar-refractivity contribution in [3.63, 3.8) is 0 Å². The molecule has 0 aliphatic carbocycles. The van der Waals surface area contributed by atoms with Crippen molar-refractivity contribution in [2.24, 2.45) is 5.73 Å². The zero-order valence-corrected chi connectivity index (χ0v) is 12.9. The van der Waals surface area contributed by atoms with Gasteiger partial charge in [-0.15, -0.1) is 0 Å². The van der Waals surface area contributed by atoms with Crippen molar-refractivity contribution >= 4 is 17.7 Å². The Kier molecular flexibility index (Phi) is 5.49. The van der Waals surface area contributed by atoms with Gasteiger partial charge in [0.05, 0.1) is 6.04 Å². The summed E-state index contributed by atoms with van der Waals surface area (Å²) in [5.41, 5.74) is 7.20. The number of nitrogens with two attached hydrogens (primary N) is 1. The smallest absolute Gasteiger partial charge is 0.236 e. The first kappa shape index (κ1) is 15.4. The standard InChI is InChI=1S/C16H24N2OS/c1-16(10-5-11-20-16)12-18-15(19)14(17)9-8-13-6-3-2-4-7-13/h2-4,6-7,14H,5,8-12,17H2,1H3,(H,18,19)/t14-,16?/m0/s1. The van der Waals surface area contributed by atoms with Gasteiger partial charge in [0.15, 0.2) is 0 Å². The normalized spacial score (nSPS) is 23.5. The van der Waals surface area contributed by atoms with Crippen molar-refractivity contribution in [1.29, 1.82) is 0 Å². The van der Waals surface area contributed by atoms with Crippen LogP contribution >= 0.6 is 11.8 Å². The van der Waals surface area contributed by atoms with Gasteiger partial charge in [-0.2, -0.15) is 11.8 Å². The molecule has 20 heavy (non-hydrogen) atoms. The molecule has 1 amide bonds. The molecule has 1 aliphatic heterocycles. The maximum atomic E-state index is 12.0. The van der Waals surface area contributed by atoms with E-state index >= 15 is 0 Å². The molecular formula is C16H24N2OS. The summed E-state index contributed by atoms with van der Waals surface area (Å²) in [6.07, 6.45) is 3.97. The predicted molar refractivity (Wildman–Crippen MR) is 85.8 cm³/mol. The van der Waals surface area contributed by atoms with E-state index in [0.717, 1.165) is 13.0 Å². The quantitative estimate of drug-likeness (QED) is 0.846. The Morgan fingerprint density at radius 3 is 2.85 bits per heavy atom. The third-order valence-electron chi connectivity index (χ3n) is 3.86. The third kappa shape index (κ3) is 4.53.